The van der Waals surface area contributed by atoms with Gasteiger partial charge in [0.1, 0.15) is 0 Å². The van der Waals surface area contributed by atoms with Crippen LogP contribution in [0, 0.1) is 11.8 Å². The third kappa shape index (κ3) is 5.50. The highest BCUT2D eigenvalue weighted by molar-refractivity contribution is 5.95. The van der Waals surface area contributed by atoms with Crippen molar-refractivity contribution in [1.82, 2.24) is 10.2 Å². The van der Waals surface area contributed by atoms with Crippen molar-refractivity contribution >= 4 is 36.4 Å². The van der Waals surface area contributed by atoms with Crippen molar-refractivity contribution in [2.45, 2.75) is 25.7 Å². The minimum absolute atomic E-state index is 0. The number of amides is 1. The largest absolute Gasteiger partial charge is 0.378 e. The molecule has 3 rings (SSSR count). The van der Waals surface area contributed by atoms with E-state index in [2.05, 4.69) is 5.32 Å². The molecule has 2 aliphatic heterocycles. The van der Waals surface area contributed by atoms with Crippen LogP contribution in [0.25, 0.3) is 0 Å². The third-order valence-electron chi connectivity index (χ3n) is 5.49. The molecular weight excluding hydrogens is 357 g/mol. The Bertz CT molecular complexity index is 539. The molecule has 0 saturated carbocycles. The first kappa shape index (κ1) is 22.1. The summed E-state index contributed by atoms with van der Waals surface area (Å²) in [6.45, 7) is 4.17. The first-order valence-electron chi connectivity index (χ1n) is 8.92. The summed E-state index contributed by atoms with van der Waals surface area (Å²) in [5.74, 6) is 1.87. The molecule has 0 spiro atoms. The fourth-order valence-electron chi connectivity index (χ4n) is 3.99. The lowest BCUT2D eigenvalue weighted by Gasteiger charge is -2.37. The van der Waals surface area contributed by atoms with Gasteiger partial charge in [-0.2, -0.15) is 0 Å². The Balaban J connectivity index is 0.00000156. The summed E-state index contributed by atoms with van der Waals surface area (Å²) in [5, 5.41) is 3.45. The average Bonchev–Trinajstić information content (AvgIpc) is 2.62. The number of hydrogen-bond donors (Lipinski definition) is 1. The molecule has 25 heavy (non-hydrogen) atoms. The predicted octanol–water partition coefficient (Wildman–Crippen LogP) is 3.45. The molecule has 2 saturated heterocycles. The summed E-state index contributed by atoms with van der Waals surface area (Å²) in [6.07, 6.45) is 4.96. The van der Waals surface area contributed by atoms with Crippen LogP contribution in [0.5, 0.6) is 0 Å². The van der Waals surface area contributed by atoms with E-state index < -0.39 is 0 Å². The van der Waals surface area contributed by atoms with E-state index in [1.807, 2.05) is 48.2 Å². The summed E-state index contributed by atoms with van der Waals surface area (Å²) >= 11 is 0. The van der Waals surface area contributed by atoms with Gasteiger partial charge in [-0.1, -0.05) is 6.07 Å². The number of likely N-dealkylation sites (tertiary alicyclic amines) is 1. The van der Waals surface area contributed by atoms with Gasteiger partial charge in [-0.3, -0.25) is 4.79 Å². The highest BCUT2D eigenvalue weighted by atomic mass is 35.5. The molecule has 1 aromatic carbocycles. The maximum Gasteiger partial charge on any atom is 0.253 e. The third-order valence-corrected chi connectivity index (χ3v) is 5.49. The lowest BCUT2D eigenvalue weighted by Crippen LogP contribution is -2.42. The van der Waals surface area contributed by atoms with Gasteiger partial charge in [0.05, 0.1) is 0 Å². The number of hydrogen-bond acceptors (Lipinski definition) is 3. The Labute approximate surface area is 164 Å². The van der Waals surface area contributed by atoms with E-state index in [0.29, 0.717) is 0 Å². The van der Waals surface area contributed by atoms with Gasteiger partial charge in [-0.15, -0.1) is 24.8 Å². The average molecular weight is 388 g/mol. The van der Waals surface area contributed by atoms with Gasteiger partial charge in [0.2, 0.25) is 0 Å². The maximum absolute atomic E-state index is 12.8. The van der Waals surface area contributed by atoms with E-state index in [9.17, 15) is 4.79 Å². The van der Waals surface area contributed by atoms with Gasteiger partial charge in [-0.25, -0.2) is 0 Å². The molecule has 1 aromatic rings. The highest BCUT2D eigenvalue weighted by Crippen LogP contribution is 2.31. The standard InChI is InChI=1S/C19H29N3O.2ClH/c1-21(2)18-5-3-4-17(14-18)19(23)22-12-8-16(9-13-22)15-6-10-20-11-7-15;;/h3-5,14-16,20H,6-13H2,1-2H3;2*1H. The topological polar surface area (TPSA) is 35.6 Å². The Morgan fingerprint density at radius 3 is 2.24 bits per heavy atom. The number of anilines is 1. The van der Waals surface area contributed by atoms with Gasteiger partial charge in [-0.05, 0) is 68.8 Å². The van der Waals surface area contributed by atoms with Crippen molar-refractivity contribution in [3.8, 4) is 0 Å². The Morgan fingerprint density at radius 1 is 1.04 bits per heavy atom. The van der Waals surface area contributed by atoms with Crippen LogP contribution >= 0.6 is 24.8 Å². The number of carbonyl (C=O) groups is 1. The van der Waals surface area contributed by atoms with Crippen LogP contribution in [-0.2, 0) is 0 Å². The molecular formula is C19H31Cl2N3O. The Morgan fingerprint density at radius 2 is 1.64 bits per heavy atom. The summed E-state index contributed by atoms with van der Waals surface area (Å²) in [5.41, 5.74) is 1.90. The lowest BCUT2D eigenvalue weighted by molar-refractivity contribution is 0.0642. The molecule has 0 aliphatic carbocycles. The van der Waals surface area contributed by atoms with Crippen LogP contribution in [0.4, 0.5) is 5.69 Å². The Kier molecular flexibility index (Phi) is 9.04. The van der Waals surface area contributed by atoms with Crippen LogP contribution in [0.3, 0.4) is 0 Å². The van der Waals surface area contributed by atoms with Crippen molar-refractivity contribution in [2.75, 3.05) is 45.2 Å². The molecule has 2 heterocycles. The number of nitrogens with zero attached hydrogens (tertiary/aromatic N) is 2. The number of halogens is 2. The molecule has 0 bridgehead atoms. The number of rotatable bonds is 3. The quantitative estimate of drug-likeness (QED) is 0.862. The molecule has 0 atom stereocenters. The van der Waals surface area contributed by atoms with Gasteiger partial charge < -0.3 is 15.1 Å². The smallest absolute Gasteiger partial charge is 0.253 e. The van der Waals surface area contributed by atoms with Crippen molar-refractivity contribution < 1.29 is 4.79 Å². The van der Waals surface area contributed by atoms with Gasteiger partial charge >= 0.3 is 0 Å². The molecule has 1 amide bonds. The second-order valence-corrected chi connectivity index (χ2v) is 7.16. The van der Waals surface area contributed by atoms with Crippen LogP contribution < -0.4 is 10.2 Å². The molecule has 0 radical (unpaired) electrons. The van der Waals surface area contributed by atoms with Gasteiger partial charge in [0.15, 0.2) is 0 Å². The number of piperidine rings is 2. The number of nitrogens with one attached hydrogen (secondary N) is 1. The van der Waals surface area contributed by atoms with Crippen LogP contribution in [0.2, 0.25) is 0 Å². The summed E-state index contributed by atoms with van der Waals surface area (Å²) < 4.78 is 0. The minimum atomic E-state index is 0. The maximum atomic E-state index is 12.8. The molecule has 4 nitrogen and oxygen atoms in total. The zero-order valence-corrected chi connectivity index (χ0v) is 16.9. The van der Waals surface area contributed by atoms with Crippen LogP contribution in [-0.4, -0.2) is 51.1 Å². The van der Waals surface area contributed by atoms with E-state index in [1.165, 1.54) is 38.8 Å². The first-order valence-corrected chi connectivity index (χ1v) is 8.92. The normalized spacial score (nSPS) is 18.9. The second kappa shape index (κ2) is 10.2. The van der Waals surface area contributed by atoms with E-state index in [0.717, 1.165) is 36.2 Å². The molecule has 0 aromatic heterocycles. The second-order valence-electron chi connectivity index (χ2n) is 7.16. The number of benzene rings is 1. The van der Waals surface area contributed by atoms with Gasteiger partial charge in [0.25, 0.3) is 5.91 Å². The summed E-state index contributed by atoms with van der Waals surface area (Å²) in [7, 11) is 4.02. The van der Waals surface area contributed by atoms with Crippen molar-refractivity contribution in [1.29, 1.82) is 0 Å². The molecule has 6 heteroatoms. The number of carbonyl (C=O) groups excluding carboxylic acids is 1. The lowest BCUT2D eigenvalue weighted by atomic mass is 9.79. The van der Waals surface area contributed by atoms with E-state index in [4.69, 9.17) is 0 Å². The molecule has 0 unspecified atom stereocenters. The van der Waals surface area contributed by atoms with Crippen molar-refractivity contribution in [3.63, 3.8) is 0 Å². The zero-order valence-electron chi connectivity index (χ0n) is 15.2. The molecule has 2 fully saturated rings. The van der Waals surface area contributed by atoms with E-state index in [1.54, 1.807) is 0 Å². The predicted molar refractivity (Wildman–Crippen MR) is 109 cm³/mol. The molecule has 142 valence electrons. The summed E-state index contributed by atoms with van der Waals surface area (Å²) in [4.78, 5) is 16.8. The highest BCUT2D eigenvalue weighted by Gasteiger charge is 2.29. The molecule has 1 N–H and O–H groups in total. The van der Waals surface area contributed by atoms with Crippen LogP contribution in [0.15, 0.2) is 24.3 Å². The Hall–Kier alpha value is -0.970. The first-order chi connectivity index (χ1) is 11.1. The zero-order chi connectivity index (χ0) is 16.2. The summed E-state index contributed by atoms with van der Waals surface area (Å²) in [6, 6.07) is 7.96. The van der Waals surface area contributed by atoms with Gasteiger partial charge in [0, 0.05) is 38.4 Å². The van der Waals surface area contributed by atoms with Crippen molar-refractivity contribution in [2.24, 2.45) is 11.8 Å². The molecule has 2 aliphatic rings. The fraction of sp³-hybridized carbons (Fsp3) is 0.632. The minimum Gasteiger partial charge on any atom is -0.378 e. The van der Waals surface area contributed by atoms with E-state index in [-0.39, 0.29) is 30.7 Å². The van der Waals surface area contributed by atoms with Crippen molar-refractivity contribution in [3.05, 3.63) is 29.8 Å². The monoisotopic (exact) mass is 387 g/mol. The SMILES string of the molecule is CN(C)c1cccc(C(=O)N2CCC(C3CCNCC3)CC2)c1.Cl.Cl. The fourth-order valence-corrected chi connectivity index (χ4v) is 3.99. The van der Waals surface area contributed by atoms with E-state index >= 15 is 0 Å². The van der Waals surface area contributed by atoms with Crippen LogP contribution in [0.1, 0.15) is 36.0 Å².